The number of halogens is 2. The van der Waals surface area contributed by atoms with E-state index in [0.717, 1.165) is 5.56 Å². The summed E-state index contributed by atoms with van der Waals surface area (Å²) < 4.78 is 0. The third-order valence-electron chi connectivity index (χ3n) is 2.63. The lowest BCUT2D eigenvalue weighted by atomic mass is 10.2. The van der Waals surface area contributed by atoms with E-state index in [0.29, 0.717) is 23.5 Å². The van der Waals surface area contributed by atoms with Gasteiger partial charge in [0, 0.05) is 32.7 Å². The van der Waals surface area contributed by atoms with Gasteiger partial charge in [-0.3, -0.25) is 0 Å². The van der Waals surface area contributed by atoms with Crippen molar-refractivity contribution < 1.29 is 0 Å². The van der Waals surface area contributed by atoms with Crippen LogP contribution in [-0.2, 0) is 6.54 Å². The fraction of sp³-hybridized carbons (Fsp3) is 0.308. The molecule has 0 saturated carbocycles. The van der Waals surface area contributed by atoms with Gasteiger partial charge in [0.1, 0.15) is 0 Å². The molecule has 0 N–H and O–H groups in total. The number of nitrogens with zero attached hydrogens (tertiary/aromatic N) is 5. The lowest BCUT2D eigenvalue weighted by Gasteiger charge is -2.19. The first kappa shape index (κ1) is 14.8. The molecule has 2 aromatic rings. The first-order chi connectivity index (χ1) is 9.45. The summed E-state index contributed by atoms with van der Waals surface area (Å²) in [4.78, 5) is 16.2. The fourth-order valence-corrected chi connectivity index (χ4v) is 2.04. The molecule has 20 heavy (non-hydrogen) atoms. The third kappa shape index (κ3) is 3.71. The maximum absolute atomic E-state index is 5.98. The molecule has 1 aromatic heterocycles. The molecular weight excluding hydrogens is 297 g/mol. The van der Waals surface area contributed by atoms with Gasteiger partial charge >= 0.3 is 0 Å². The molecule has 0 aliphatic rings. The van der Waals surface area contributed by atoms with E-state index >= 15 is 0 Å². The minimum Gasteiger partial charge on any atom is -0.347 e. The van der Waals surface area contributed by atoms with Gasteiger partial charge in [0.05, 0.1) is 0 Å². The predicted octanol–water partition coefficient (Wildman–Crippen LogP) is 2.88. The summed E-state index contributed by atoms with van der Waals surface area (Å²) in [5, 5.41) is 0.884. The summed E-state index contributed by atoms with van der Waals surface area (Å²) in [6.07, 6.45) is 0. The molecule has 1 aromatic carbocycles. The lowest BCUT2D eigenvalue weighted by Crippen LogP contribution is -2.22. The lowest BCUT2D eigenvalue weighted by molar-refractivity contribution is 0.842. The summed E-state index contributed by atoms with van der Waals surface area (Å²) in [6, 6.07) is 7.66. The molecule has 0 spiro atoms. The molecule has 0 bridgehead atoms. The van der Waals surface area contributed by atoms with Gasteiger partial charge in [-0.15, -0.1) is 0 Å². The van der Waals surface area contributed by atoms with Crippen LogP contribution in [0.15, 0.2) is 24.3 Å². The van der Waals surface area contributed by atoms with Crippen LogP contribution in [0, 0.1) is 0 Å². The van der Waals surface area contributed by atoms with Gasteiger partial charge in [0.25, 0.3) is 0 Å². The number of hydrogen-bond acceptors (Lipinski definition) is 5. The van der Waals surface area contributed by atoms with Crippen molar-refractivity contribution in [3.05, 3.63) is 40.1 Å². The molecule has 0 radical (unpaired) electrons. The van der Waals surface area contributed by atoms with Crippen molar-refractivity contribution in [3.8, 4) is 0 Å². The average molecular weight is 312 g/mol. The summed E-state index contributed by atoms with van der Waals surface area (Å²) in [7, 11) is 5.60. The van der Waals surface area contributed by atoms with E-state index in [4.69, 9.17) is 23.2 Å². The highest BCUT2D eigenvalue weighted by atomic mass is 35.5. The SMILES string of the molecule is CN(C)c1nc(Cl)nc(N(C)Cc2cccc(Cl)c2)n1. The fourth-order valence-electron chi connectivity index (χ4n) is 1.68. The zero-order chi connectivity index (χ0) is 14.7. The molecule has 1 heterocycles. The van der Waals surface area contributed by atoms with E-state index < -0.39 is 0 Å². The van der Waals surface area contributed by atoms with E-state index in [1.165, 1.54) is 0 Å². The van der Waals surface area contributed by atoms with Crippen molar-refractivity contribution in [2.24, 2.45) is 0 Å². The molecule has 0 unspecified atom stereocenters. The number of rotatable bonds is 4. The van der Waals surface area contributed by atoms with Crippen LogP contribution in [0.3, 0.4) is 0 Å². The second-order valence-electron chi connectivity index (χ2n) is 4.58. The predicted molar refractivity (Wildman–Crippen MR) is 82.7 cm³/mol. The molecule has 0 aliphatic carbocycles. The van der Waals surface area contributed by atoms with Crippen LogP contribution >= 0.6 is 23.2 Å². The van der Waals surface area contributed by atoms with Crippen LogP contribution < -0.4 is 9.80 Å². The minimum absolute atomic E-state index is 0.177. The quantitative estimate of drug-likeness (QED) is 0.868. The number of anilines is 2. The number of aromatic nitrogens is 3. The van der Waals surface area contributed by atoms with E-state index in [9.17, 15) is 0 Å². The minimum atomic E-state index is 0.177. The van der Waals surface area contributed by atoms with Crippen LogP contribution in [-0.4, -0.2) is 36.1 Å². The molecule has 5 nitrogen and oxygen atoms in total. The van der Waals surface area contributed by atoms with E-state index in [2.05, 4.69) is 15.0 Å². The van der Waals surface area contributed by atoms with Crippen molar-refractivity contribution in [3.63, 3.8) is 0 Å². The summed E-state index contributed by atoms with van der Waals surface area (Å²) >= 11 is 11.9. The van der Waals surface area contributed by atoms with Crippen molar-refractivity contribution in [1.82, 2.24) is 15.0 Å². The molecule has 0 saturated heterocycles. The Balaban J connectivity index is 2.22. The Morgan fingerprint density at radius 3 is 2.35 bits per heavy atom. The summed E-state index contributed by atoms with van der Waals surface area (Å²) in [5.74, 6) is 1.05. The van der Waals surface area contributed by atoms with E-state index in [1.54, 1.807) is 4.90 Å². The van der Waals surface area contributed by atoms with Gasteiger partial charge in [0.15, 0.2) is 0 Å². The monoisotopic (exact) mass is 311 g/mol. The van der Waals surface area contributed by atoms with Crippen LogP contribution in [0.4, 0.5) is 11.9 Å². The molecule has 0 amide bonds. The maximum atomic E-state index is 5.98. The van der Waals surface area contributed by atoms with Gasteiger partial charge in [0.2, 0.25) is 17.2 Å². The average Bonchev–Trinajstić information content (AvgIpc) is 2.37. The second kappa shape index (κ2) is 6.24. The third-order valence-corrected chi connectivity index (χ3v) is 3.04. The van der Waals surface area contributed by atoms with Crippen LogP contribution in [0.25, 0.3) is 0 Å². The van der Waals surface area contributed by atoms with Crippen LogP contribution in [0.1, 0.15) is 5.56 Å². The Bertz CT molecular complexity index is 603. The Morgan fingerprint density at radius 1 is 1.00 bits per heavy atom. The Morgan fingerprint density at radius 2 is 1.70 bits per heavy atom. The highest BCUT2D eigenvalue weighted by molar-refractivity contribution is 6.30. The van der Waals surface area contributed by atoms with Crippen molar-refractivity contribution in [1.29, 1.82) is 0 Å². The summed E-state index contributed by atoms with van der Waals surface area (Å²) in [5.41, 5.74) is 1.07. The van der Waals surface area contributed by atoms with Gasteiger partial charge in [-0.05, 0) is 29.3 Å². The van der Waals surface area contributed by atoms with Crippen molar-refractivity contribution >= 4 is 35.1 Å². The molecular formula is C13H15Cl2N5. The van der Waals surface area contributed by atoms with Gasteiger partial charge < -0.3 is 9.80 Å². The zero-order valence-corrected chi connectivity index (χ0v) is 13.0. The van der Waals surface area contributed by atoms with Crippen molar-refractivity contribution in [2.75, 3.05) is 30.9 Å². The van der Waals surface area contributed by atoms with Crippen LogP contribution in [0.2, 0.25) is 10.3 Å². The van der Waals surface area contributed by atoms with Crippen LogP contribution in [0.5, 0.6) is 0 Å². The highest BCUT2D eigenvalue weighted by Crippen LogP contribution is 2.17. The summed E-state index contributed by atoms with van der Waals surface area (Å²) in [6.45, 7) is 0.633. The first-order valence-electron chi connectivity index (χ1n) is 6.00. The molecule has 0 fully saturated rings. The molecule has 7 heteroatoms. The van der Waals surface area contributed by atoms with Gasteiger partial charge in [-0.1, -0.05) is 23.7 Å². The van der Waals surface area contributed by atoms with E-state index in [-0.39, 0.29) is 5.28 Å². The Hall–Kier alpha value is -1.59. The normalized spacial score (nSPS) is 10.4. The van der Waals surface area contributed by atoms with Gasteiger partial charge in [-0.2, -0.15) is 15.0 Å². The standard InChI is InChI=1S/C13H15Cl2N5/c1-19(2)12-16-11(15)17-13(18-12)20(3)8-9-5-4-6-10(14)7-9/h4-7H,8H2,1-3H3. The topological polar surface area (TPSA) is 45.2 Å². The highest BCUT2D eigenvalue weighted by Gasteiger charge is 2.11. The molecule has 0 aliphatic heterocycles. The maximum Gasteiger partial charge on any atom is 0.231 e. The zero-order valence-electron chi connectivity index (χ0n) is 11.5. The first-order valence-corrected chi connectivity index (χ1v) is 6.76. The molecule has 0 atom stereocenters. The Labute approximate surface area is 128 Å². The largest absolute Gasteiger partial charge is 0.347 e. The number of benzene rings is 1. The van der Waals surface area contributed by atoms with E-state index in [1.807, 2.05) is 50.3 Å². The molecule has 106 valence electrons. The Kier molecular flexibility index (Phi) is 4.62. The molecule has 2 rings (SSSR count). The van der Waals surface area contributed by atoms with Gasteiger partial charge in [-0.25, -0.2) is 0 Å². The number of hydrogen-bond donors (Lipinski definition) is 0. The second-order valence-corrected chi connectivity index (χ2v) is 5.36. The smallest absolute Gasteiger partial charge is 0.231 e. The van der Waals surface area contributed by atoms with Crippen molar-refractivity contribution in [2.45, 2.75) is 6.54 Å².